The van der Waals surface area contributed by atoms with E-state index in [1.807, 2.05) is 36.4 Å². The van der Waals surface area contributed by atoms with Crippen LogP contribution in [0.15, 0.2) is 64.4 Å². The van der Waals surface area contributed by atoms with Gasteiger partial charge in [0.25, 0.3) is 0 Å². The quantitative estimate of drug-likeness (QED) is 0.0983. The molecule has 0 bridgehead atoms. The Bertz CT molecular complexity index is 1170. The van der Waals surface area contributed by atoms with Crippen LogP contribution < -0.4 is 4.74 Å². The number of hydrogen-bond acceptors (Lipinski definition) is 5. The standard InChI is InChI=1S/C28H31F3O4S/c1-4-6-7-8-19-9-12-23(25(13-19)33-3)26-14-21-10-11-22(15-24(21)35-26)36-18-20(16-28(29,30)31)17-34-27(32)5-2/h5,9-15,20H,2,4,6-8,16-18H2,1,3H3. The molecule has 194 valence electrons. The molecule has 4 nitrogen and oxygen atoms in total. The monoisotopic (exact) mass is 520 g/mol. The first-order chi connectivity index (χ1) is 17.2. The Morgan fingerprint density at radius 3 is 2.67 bits per heavy atom. The van der Waals surface area contributed by atoms with E-state index < -0.39 is 24.5 Å². The maximum atomic E-state index is 13.0. The summed E-state index contributed by atoms with van der Waals surface area (Å²) < 4.78 is 55.5. The van der Waals surface area contributed by atoms with Gasteiger partial charge in [-0.3, -0.25) is 0 Å². The van der Waals surface area contributed by atoms with Crippen molar-refractivity contribution in [3.8, 4) is 17.1 Å². The highest BCUT2D eigenvalue weighted by Crippen LogP contribution is 2.37. The van der Waals surface area contributed by atoms with Crippen molar-refractivity contribution in [1.29, 1.82) is 0 Å². The van der Waals surface area contributed by atoms with Crippen LogP contribution in [-0.2, 0) is 16.0 Å². The molecule has 1 aromatic heterocycles. The zero-order valence-corrected chi connectivity index (χ0v) is 21.3. The smallest absolute Gasteiger partial charge is 0.389 e. The van der Waals surface area contributed by atoms with Gasteiger partial charge >= 0.3 is 12.1 Å². The molecule has 0 fully saturated rings. The van der Waals surface area contributed by atoms with Crippen molar-refractivity contribution in [1.82, 2.24) is 0 Å². The molecule has 0 radical (unpaired) electrons. The third kappa shape index (κ3) is 8.08. The number of aryl methyl sites for hydroxylation is 1. The summed E-state index contributed by atoms with van der Waals surface area (Å²) in [5, 5.41) is 0.884. The Kier molecular flexibility index (Phi) is 9.93. The fourth-order valence-corrected chi connectivity index (χ4v) is 4.87. The number of thioether (sulfide) groups is 1. The topological polar surface area (TPSA) is 48.7 Å². The summed E-state index contributed by atoms with van der Waals surface area (Å²) in [5.74, 6) is -0.0730. The predicted octanol–water partition coefficient (Wildman–Crippen LogP) is 8.23. The number of methoxy groups -OCH3 is 1. The van der Waals surface area contributed by atoms with Gasteiger partial charge in [0.05, 0.1) is 25.7 Å². The number of benzene rings is 2. The van der Waals surface area contributed by atoms with E-state index >= 15 is 0 Å². The van der Waals surface area contributed by atoms with Crippen LogP contribution in [0, 0.1) is 5.92 Å². The van der Waals surface area contributed by atoms with E-state index in [-0.39, 0.29) is 12.4 Å². The lowest BCUT2D eigenvalue weighted by molar-refractivity contribution is -0.153. The van der Waals surface area contributed by atoms with Gasteiger partial charge in [-0.15, -0.1) is 11.8 Å². The van der Waals surface area contributed by atoms with Gasteiger partial charge in [0.1, 0.15) is 17.1 Å². The summed E-state index contributed by atoms with van der Waals surface area (Å²) in [6.45, 7) is 5.13. The maximum absolute atomic E-state index is 13.0. The normalized spacial score (nSPS) is 12.5. The zero-order valence-electron chi connectivity index (χ0n) is 20.5. The number of carbonyl (C=O) groups excluding carboxylic acids is 1. The minimum atomic E-state index is -4.35. The number of ether oxygens (including phenoxy) is 2. The second-order valence-corrected chi connectivity index (χ2v) is 9.73. The van der Waals surface area contributed by atoms with Crippen molar-refractivity contribution in [2.75, 3.05) is 19.5 Å². The van der Waals surface area contributed by atoms with Crippen LogP contribution in [0.5, 0.6) is 5.75 Å². The van der Waals surface area contributed by atoms with Gasteiger partial charge in [-0.1, -0.05) is 32.4 Å². The lowest BCUT2D eigenvalue weighted by Crippen LogP contribution is -2.22. The molecule has 0 aliphatic carbocycles. The number of halogens is 3. The number of alkyl halides is 3. The van der Waals surface area contributed by atoms with E-state index in [0.717, 1.165) is 40.5 Å². The Balaban J connectivity index is 1.74. The minimum Gasteiger partial charge on any atom is -0.496 e. The van der Waals surface area contributed by atoms with Gasteiger partial charge in [0.15, 0.2) is 0 Å². The molecule has 0 spiro atoms. The molecule has 0 saturated carbocycles. The molecule has 0 saturated heterocycles. The van der Waals surface area contributed by atoms with Crippen LogP contribution in [0.1, 0.15) is 38.2 Å². The van der Waals surface area contributed by atoms with Gasteiger partial charge in [0.2, 0.25) is 0 Å². The van der Waals surface area contributed by atoms with Crippen LogP contribution >= 0.6 is 11.8 Å². The number of unbranched alkanes of at least 4 members (excludes halogenated alkanes) is 2. The van der Waals surface area contributed by atoms with E-state index in [1.165, 1.54) is 30.2 Å². The molecule has 8 heteroatoms. The number of hydrogen-bond donors (Lipinski definition) is 0. The van der Waals surface area contributed by atoms with Crippen LogP contribution in [0.25, 0.3) is 22.3 Å². The molecule has 3 rings (SSSR count). The summed E-state index contributed by atoms with van der Waals surface area (Å²) in [5.41, 5.74) is 2.69. The lowest BCUT2D eigenvalue weighted by Gasteiger charge is -2.18. The molecule has 3 aromatic rings. The van der Waals surface area contributed by atoms with Crippen molar-refractivity contribution < 1.29 is 31.9 Å². The first kappa shape index (κ1) is 27.7. The van der Waals surface area contributed by atoms with Crippen molar-refractivity contribution in [2.45, 2.75) is 50.1 Å². The molecule has 1 heterocycles. The summed E-state index contributed by atoms with van der Waals surface area (Å²) in [6.07, 6.45) is 0.0281. The molecule has 0 aliphatic heterocycles. The largest absolute Gasteiger partial charge is 0.496 e. The Morgan fingerprint density at radius 2 is 1.97 bits per heavy atom. The van der Waals surface area contributed by atoms with Gasteiger partial charge < -0.3 is 13.9 Å². The highest BCUT2D eigenvalue weighted by Gasteiger charge is 2.32. The van der Waals surface area contributed by atoms with Crippen LogP contribution in [-0.4, -0.2) is 31.6 Å². The highest BCUT2D eigenvalue weighted by molar-refractivity contribution is 7.99. The number of fused-ring (bicyclic) bond motifs is 1. The second kappa shape index (κ2) is 12.9. The van der Waals surface area contributed by atoms with E-state index in [9.17, 15) is 18.0 Å². The van der Waals surface area contributed by atoms with Crippen molar-refractivity contribution in [3.63, 3.8) is 0 Å². The lowest BCUT2D eigenvalue weighted by atomic mass is 10.0. The van der Waals surface area contributed by atoms with Gasteiger partial charge in [-0.25, -0.2) is 4.79 Å². The van der Waals surface area contributed by atoms with Crippen LogP contribution in [0.3, 0.4) is 0 Å². The van der Waals surface area contributed by atoms with Crippen LogP contribution in [0.4, 0.5) is 13.2 Å². The van der Waals surface area contributed by atoms with Crippen LogP contribution in [0.2, 0.25) is 0 Å². The first-order valence-corrected chi connectivity index (χ1v) is 12.9. The van der Waals surface area contributed by atoms with E-state index in [0.29, 0.717) is 11.3 Å². The molecule has 0 N–H and O–H groups in total. The van der Waals surface area contributed by atoms with E-state index in [2.05, 4.69) is 19.6 Å². The van der Waals surface area contributed by atoms with Gasteiger partial charge in [0, 0.05) is 28.0 Å². The molecular formula is C28H31F3O4S. The summed E-state index contributed by atoms with van der Waals surface area (Å²) in [4.78, 5) is 12.1. The Labute approximate surface area is 213 Å². The average Bonchev–Trinajstić information content (AvgIpc) is 3.28. The molecule has 0 aliphatic rings. The summed E-state index contributed by atoms with van der Waals surface area (Å²) in [6, 6.07) is 13.6. The Hall–Kier alpha value is -2.87. The van der Waals surface area contributed by atoms with Gasteiger partial charge in [-0.05, 0) is 54.8 Å². The fourth-order valence-electron chi connectivity index (χ4n) is 3.87. The van der Waals surface area contributed by atoms with Crippen molar-refractivity contribution in [3.05, 3.63) is 60.7 Å². The molecule has 2 aromatic carbocycles. The highest BCUT2D eigenvalue weighted by atomic mass is 32.2. The average molecular weight is 521 g/mol. The third-order valence-corrected chi connectivity index (χ3v) is 6.95. The fraction of sp³-hybridized carbons (Fsp3) is 0.393. The predicted molar refractivity (Wildman–Crippen MR) is 137 cm³/mol. The molecule has 1 unspecified atom stereocenters. The van der Waals surface area contributed by atoms with Gasteiger partial charge in [-0.2, -0.15) is 13.2 Å². The summed E-state index contributed by atoms with van der Waals surface area (Å²) in [7, 11) is 1.63. The molecule has 36 heavy (non-hydrogen) atoms. The summed E-state index contributed by atoms with van der Waals surface area (Å²) >= 11 is 1.27. The SMILES string of the molecule is C=CC(=O)OCC(CSc1ccc2cc(-c3ccc(CCCCC)cc3OC)oc2c1)CC(F)(F)F. The number of esters is 1. The minimum absolute atomic E-state index is 0.135. The second-order valence-electron chi connectivity index (χ2n) is 8.63. The van der Waals surface area contributed by atoms with E-state index in [1.54, 1.807) is 7.11 Å². The number of furan rings is 1. The number of rotatable bonds is 13. The third-order valence-electron chi connectivity index (χ3n) is 5.73. The number of carbonyl (C=O) groups is 1. The van der Waals surface area contributed by atoms with Crippen molar-refractivity contribution >= 4 is 28.7 Å². The first-order valence-electron chi connectivity index (χ1n) is 11.9. The molecule has 0 amide bonds. The van der Waals surface area contributed by atoms with Crippen molar-refractivity contribution in [2.24, 2.45) is 5.92 Å². The molecule has 1 atom stereocenters. The zero-order chi connectivity index (χ0) is 26.1. The molecular weight excluding hydrogens is 489 g/mol. The maximum Gasteiger partial charge on any atom is 0.389 e. The Morgan fingerprint density at radius 1 is 1.17 bits per heavy atom. The van der Waals surface area contributed by atoms with E-state index in [4.69, 9.17) is 13.9 Å².